The van der Waals surface area contributed by atoms with E-state index in [-0.39, 0.29) is 10.5 Å². The van der Waals surface area contributed by atoms with Crippen molar-refractivity contribution in [2.75, 3.05) is 6.26 Å². The van der Waals surface area contributed by atoms with Gasteiger partial charge in [0.05, 0.1) is 4.90 Å². The highest BCUT2D eigenvalue weighted by Gasteiger charge is 2.18. The second-order valence-corrected chi connectivity index (χ2v) is 7.62. The lowest BCUT2D eigenvalue weighted by molar-refractivity contribution is 0.0976. The number of guanidine groups is 1. The molecule has 1 amide bonds. The Bertz CT molecular complexity index is 852. The number of aromatic nitrogens is 1. The Hall–Kier alpha value is -2.39. The maximum absolute atomic E-state index is 12.0. The Balaban J connectivity index is 2.44. The van der Waals surface area contributed by atoms with Gasteiger partial charge in [-0.15, -0.1) is 0 Å². The van der Waals surface area contributed by atoms with Gasteiger partial charge >= 0.3 is 0 Å². The molecule has 120 valence electrons. The van der Waals surface area contributed by atoms with Crippen LogP contribution in [0.5, 0.6) is 0 Å². The summed E-state index contributed by atoms with van der Waals surface area (Å²) in [5, 5.41) is 9.81. The fourth-order valence-corrected chi connectivity index (χ4v) is 3.87. The van der Waals surface area contributed by atoms with Crippen LogP contribution in [0.25, 0.3) is 0 Å². The number of carbonyl (C=O) groups is 1. The molecule has 0 aliphatic rings. The maximum Gasteiger partial charge on any atom is 0.257 e. The molecule has 1 aromatic carbocycles. The number of pyridine rings is 1. The number of nitrogens with zero attached hydrogens (tertiary/aromatic N) is 1. The Morgan fingerprint density at radius 3 is 2.61 bits per heavy atom. The predicted molar refractivity (Wildman–Crippen MR) is 87.3 cm³/mol. The third kappa shape index (κ3) is 4.54. The van der Waals surface area contributed by atoms with Crippen LogP contribution in [0.2, 0.25) is 0 Å². The molecular formula is C14H14N4O3S2. The molecule has 0 saturated heterocycles. The SMILES string of the molecule is CS(=O)(=O)c1cc(C(=O)NC(=N)N)ccc1Sc1ccccn1. The quantitative estimate of drug-likeness (QED) is 0.563. The molecule has 4 N–H and O–H groups in total. The molecular weight excluding hydrogens is 336 g/mol. The van der Waals surface area contributed by atoms with E-state index in [0.29, 0.717) is 9.92 Å². The molecule has 0 saturated carbocycles. The van der Waals surface area contributed by atoms with E-state index in [1.807, 2.05) is 0 Å². The molecule has 23 heavy (non-hydrogen) atoms. The first-order valence-electron chi connectivity index (χ1n) is 6.36. The summed E-state index contributed by atoms with van der Waals surface area (Å²) < 4.78 is 24.0. The molecule has 2 rings (SSSR count). The minimum Gasteiger partial charge on any atom is -0.370 e. The van der Waals surface area contributed by atoms with Gasteiger partial charge < -0.3 is 5.73 Å². The molecule has 0 bridgehead atoms. The number of nitrogens with one attached hydrogen (secondary N) is 2. The van der Waals surface area contributed by atoms with Crippen molar-refractivity contribution in [2.24, 2.45) is 5.73 Å². The van der Waals surface area contributed by atoms with Crippen LogP contribution in [-0.4, -0.2) is 31.5 Å². The zero-order valence-electron chi connectivity index (χ0n) is 12.1. The summed E-state index contributed by atoms with van der Waals surface area (Å²) in [5.41, 5.74) is 5.21. The zero-order valence-corrected chi connectivity index (χ0v) is 13.7. The number of hydrogen-bond donors (Lipinski definition) is 3. The molecule has 0 aliphatic heterocycles. The predicted octanol–water partition coefficient (Wildman–Crippen LogP) is 1.26. The topological polar surface area (TPSA) is 126 Å². The molecule has 0 radical (unpaired) electrons. The molecule has 0 unspecified atom stereocenters. The fourth-order valence-electron chi connectivity index (χ4n) is 1.74. The maximum atomic E-state index is 12.0. The lowest BCUT2D eigenvalue weighted by Gasteiger charge is -2.10. The van der Waals surface area contributed by atoms with Gasteiger partial charge in [-0.2, -0.15) is 0 Å². The highest BCUT2D eigenvalue weighted by atomic mass is 32.2. The van der Waals surface area contributed by atoms with Crippen LogP contribution in [0.4, 0.5) is 0 Å². The summed E-state index contributed by atoms with van der Waals surface area (Å²) in [6, 6.07) is 9.58. The molecule has 7 nitrogen and oxygen atoms in total. The highest BCUT2D eigenvalue weighted by Crippen LogP contribution is 2.32. The summed E-state index contributed by atoms with van der Waals surface area (Å²) >= 11 is 1.19. The minimum atomic E-state index is -3.55. The van der Waals surface area contributed by atoms with E-state index in [2.05, 4.69) is 10.3 Å². The average molecular weight is 350 g/mol. The summed E-state index contributed by atoms with van der Waals surface area (Å²) in [4.78, 5) is 16.5. The van der Waals surface area contributed by atoms with Crippen molar-refractivity contribution in [1.82, 2.24) is 10.3 Å². The van der Waals surface area contributed by atoms with Crippen LogP contribution in [0.3, 0.4) is 0 Å². The van der Waals surface area contributed by atoms with E-state index in [0.717, 1.165) is 6.26 Å². The van der Waals surface area contributed by atoms with E-state index >= 15 is 0 Å². The van der Waals surface area contributed by atoms with Crippen molar-refractivity contribution in [1.29, 1.82) is 5.41 Å². The molecule has 0 spiro atoms. The Morgan fingerprint density at radius 1 is 1.30 bits per heavy atom. The van der Waals surface area contributed by atoms with Gasteiger partial charge in [-0.25, -0.2) is 13.4 Å². The molecule has 1 heterocycles. The lowest BCUT2D eigenvalue weighted by Crippen LogP contribution is -2.35. The molecule has 0 aliphatic carbocycles. The van der Waals surface area contributed by atoms with E-state index < -0.39 is 21.7 Å². The van der Waals surface area contributed by atoms with E-state index in [1.165, 1.54) is 30.0 Å². The molecule has 0 atom stereocenters. The molecule has 1 aromatic heterocycles. The number of sulfone groups is 1. The van der Waals surface area contributed by atoms with Crippen molar-refractivity contribution in [2.45, 2.75) is 14.8 Å². The second-order valence-electron chi connectivity index (χ2n) is 4.57. The standard InChI is InChI=1S/C14H14N4O3S2/c1-23(20,21)11-8-9(13(19)18-14(15)16)5-6-10(11)22-12-4-2-3-7-17-12/h2-8H,1H3,(H4,15,16,18,19). The van der Waals surface area contributed by atoms with Gasteiger partial charge in [0.25, 0.3) is 5.91 Å². The van der Waals surface area contributed by atoms with Gasteiger partial charge in [0.2, 0.25) is 0 Å². The van der Waals surface area contributed by atoms with Gasteiger partial charge in [0.1, 0.15) is 5.03 Å². The van der Waals surface area contributed by atoms with Crippen molar-refractivity contribution in [3.8, 4) is 0 Å². The largest absolute Gasteiger partial charge is 0.370 e. The molecule has 2 aromatic rings. The van der Waals surface area contributed by atoms with E-state index in [4.69, 9.17) is 11.1 Å². The monoisotopic (exact) mass is 350 g/mol. The third-order valence-electron chi connectivity index (χ3n) is 2.71. The van der Waals surface area contributed by atoms with Gasteiger partial charge in [-0.05, 0) is 30.3 Å². The van der Waals surface area contributed by atoms with Crippen molar-refractivity contribution in [3.63, 3.8) is 0 Å². The average Bonchev–Trinajstić information content (AvgIpc) is 2.46. The summed E-state index contributed by atoms with van der Waals surface area (Å²) in [5.74, 6) is -1.15. The van der Waals surface area contributed by atoms with Crippen molar-refractivity contribution in [3.05, 3.63) is 48.2 Å². The lowest BCUT2D eigenvalue weighted by atomic mass is 10.2. The van der Waals surface area contributed by atoms with Crippen molar-refractivity contribution < 1.29 is 13.2 Å². The first kappa shape index (κ1) is 17.0. The number of hydrogen-bond acceptors (Lipinski definition) is 6. The number of rotatable bonds is 4. The van der Waals surface area contributed by atoms with Crippen LogP contribution >= 0.6 is 11.8 Å². The van der Waals surface area contributed by atoms with Gasteiger partial charge in [-0.3, -0.25) is 15.5 Å². The van der Waals surface area contributed by atoms with Crippen molar-refractivity contribution >= 4 is 33.5 Å². The van der Waals surface area contributed by atoms with Gasteiger partial charge in [0.15, 0.2) is 15.8 Å². The van der Waals surface area contributed by atoms with Crippen LogP contribution in [0.15, 0.2) is 57.4 Å². The van der Waals surface area contributed by atoms with E-state index in [1.54, 1.807) is 24.4 Å². The summed E-state index contributed by atoms with van der Waals surface area (Å²) in [6.45, 7) is 0. The van der Waals surface area contributed by atoms with Gasteiger partial charge in [0, 0.05) is 22.9 Å². The zero-order chi connectivity index (χ0) is 17.0. The van der Waals surface area contributed by atoms with Crippen LogP contribution in [-0.2, 0) is 9.84 Å². The van der Waals surface area contributed by atoms with Crippen LogP contribution in [0.1, 0.15) is 10.4 Å². The summed E-state index contributed by atoms with van der Waals surface area (Å²) in [6.07, 6.45) is 2.68. The van der Waals surface area contributed by atoms with Gasteiger partial charge in [-0.1, -0.05) is 17.8 Å². The Labute approximate surface area is 137 Å². The number of carbonyl (C=O) groups excluding carboxylic acids is 1. The Kier molecular flexibility index (Phi) is 5.02. The third-order valence-corrected chi connectivity index (χ3v) is 5.00. The first-order valence-corrected chi connectivity index (χ1v) is 9.06. The fraction of sp³-hybridized carbons (Fsp3) is 0.0714. The van der Waals surface area contributed by atoms with Crippen LogP contribution in [0, 0.1) is 5.41 Å². The molecule has 9 heteroatoms. The Morgan fingerprint density at radius 2 is 2.04 bits per heavy atom. The number of nitrogens with two attached hydrogens (primary N) is 1. The van der Waals surface area contributed by atoms with E-state index in [9.17, 15) is 13.2 Å². The number of benzene rings is 1. The second kappa shape index (κ2) is 6.80. The first-order chi connectivity index (χ1) is 10.8. The summed E-state index contributed by atoms with van der Waals surface area (Å²) in [7, 11) is -3.55. The van der Waals surface area contributed by atoms with Crippen LogP contribution < -0.4 is 11.1 Å². The minimum absolute atomic E-state index is 0.0179. The smallest absolute Gasteiger partial charge is 0.257 e. The number of amides is 1. The molecule has 0 fully saturated rings. The normalized spacial score (nSPS) is 11.0. The highest BCUT2D eigenvalue weighted by molar-refractivity contribution is 8.00.